The van der Waals surface area contributed by atoms with Crippen LogP contribution in [0.25, 0.3) is 5.69 Å². The maximum atomic E-state index is 12.9. The van der Waals surface area contributed by atoms with E-state index in [1.54, 1.807) is 12.5 Å². The molecule has 8 nitrogen and oxygen atoms in total. The van der Waals surface area contributed by atoms with Crippen LogP contribution < -0.4 is 10.6 Å². The Hall–Kier alpha value is -3.16. The smallest absolute Gasteiger partial charge is 0.325 e. The number of rotatable bonds is 5. The van der Waals surface area contributed by atoms with Crippen LogP contribution in [0.1, 0.15) is 51.1 Å². The largest absolute Gasteiger partial charge is 0.348 e. The Bertz CT molecular complexity index is 930. The second-order valence-corrected chi connectivity index (χ2v) is 8.44. The first-order valence-corrected chi connectivity index (χ1v) is 10.4. The van der Waals surface area contributed by atoms with Crippen molar-refractivity contribution in [1.82, 2.24) is 25.1 Å². The van der Waals surface area contributed by atoms with Gasteiger partial charge in [-0.05, 0) is 56.2 Å². The van der Waals surface area contributed by atoms with Crippen molar-refractivity contribution in [3.63, 3.8) is 0 Å². The molecule has 30 heavy (non-hydrogen) atoms. The molecule has 2 heterocycles. The molecule has 2 fully saturated rings. The van der Waals surface area contributed by atoms with Crippen molar-refractivity contribution in [2.75, 3.05) is 6.54 Å². The van der Waals surface area contributed by atoms with Gasteiger partial charge in [0.2, 0.25) is 5.91 Å². The Kier molecular flexibility index (Phi) is 5.32. The number of hydrogen-bond acceptors (Lipinski definition) is 4. The average Bonchev–Trinajstić information content (AvgIpc) is 3.34. The number of nitrogens with one attached hydrogen (secondary N) is 2. The van der Waals surface area contributed by atoms with Crippen LogP contribution in [0.15, 0.2) is 43.0 Å². The van der Waals surface area contributed by atoms with Gasteiger partial charge in [0.1, 0.15) is 12.1 Å². The summed E-state index contributed by atoms with van der Waals surface area (Å²) in [7, 11) is 0. The lowest BCUT2D eigenvalue weighted by Crippen LogP contribution is -2.50. The van der Waals surface area contributed by atoms with Crippen molar-refractivity contribution in [2.24, 2.45) is 5.92 Å². The van der Waals surface area contributed by atoms with Gasteiger partial charge in [-0.1, -0.05) is 19.1 Å². The standard InChI is InChI=1S/C22H27N5O3/c1-15-7-9-22(10-8-15)20(29)27(21(30)25-22)13-19(28)24-16(2)17-3-5-18(6-4-17)26-12-11-23-14-26/h3-6,11-12,14-16H,7-10,13H2,1-2H3,(H,24,28)(H,25,30). The van der Waals surface area contributed by atoms with E-state index < -0.39 is 11.6 Å². The molecule has 158 valence electrons. The lowest BCUT2D eigenvalue weighted by molar-refractivity contribution is -0.136. The van der Waals surface area contributed by atoms with Crippen molar-refractivity contribution in [2.45, 2.75) is 51.1 Å². The fourth-order valence-electron chi connectivity index (χ4n) is 4.27. The molecule has 1 saturated carbocycles. The summed E-state index contributed by atoms with van der Waals surface area (Å²) in [6.07, 6.45) is 8.37. The van der Waals surface area contributed by atoms with Gasteiger partial charge in [-0.25, -0.2) is 9.78 Å². The van der Waals surface area contributed by atoms with E-state index in [4.69, 9.17) is 0 Å². The number of amides is 4. The molecule has 2 aliphatic rings. The molecule has 4 rings (SSSR count). The highest BCUT2D eigenvalue weighted by molar-refractivity contribution is 6.09. The maximum absolute atomic E-state index is 12.9. The number of carbonyl (C=O) groups is 3. The van der Waals surface area contributed by atoms with Crippen LogP contribution in [0.5, 0.6) is 0 Å². The Balaban J connectivity index is 1.36. The molecule has 1 spiro atoms. The van der Waals surface area contributed by atoms with Crippen molar-refractivity contribution >= 4 is 17.8 Å². The Labute approximate surface area is 175 Å². The second kappa shape index (κ2) is 7.93. The molecular formula is C22H27N5O3. The number of imide groups is 1. The van der Waals surface area contributed by atoms with Gasteiger partial charge in [0.15, 0.2) is 0 Å². The zero-order chi connectivity index (χ0) is 21.3. The minimum absolute atomic E-state index is 0.250. The number of urea groups is 1. The fourth-order valence-corrected chi connectivity index (χ4v) is 4.27. The summed E-state index contributed by atoms with van der Waals surface area (Å²) in [5, 5.41) is 5.73. The van der Waals surface area contributed by atoms with Crippen LogP contribution in [0.4, 0.5) is 4.79 Å². The van der Waals surface area contributed by atoms with Crippen LogP contribution in [0.3, 0.4) is 0 Å². The third kappa shape index (κ3) is 3.81. The van der Waals surface area contributed by atoms with Crippen LogP contribution in [0.2, 0.25) is 0 Å². The van der Waals surface area contributed by atoms with E-state index in [9.17, 15) is 14.4 Å². The van der Waals surface area contributed by atoms with Gasteiger partial charge in [0, 0.05) is 18.1 Å². The van der Waals surface area contributed by atoms with Crippen LogP contribution in [-0.2, 0) is 9.59 Å². The minimum atomic E-state index is -0.821. The monoisotopic (exact) mass is 409 g/mol. The van der Waals surface area contributed by atoms with Gasteiger partial charge in [0.25, 0.3) is 5.91 Å². The van der Waals surface area contributed by atoms with E-state index in [2.05, 4.69) is 22.5 Å². The van der Waals surface area contributed by atoms with Crippen LogP contribution in [-0.4, -0.2) is 44.4 Å². The molecule has 2 aromatic rings. The molecule has 1 saturated heterocycles. The van der Waals surface area contributed by atoms with E-state index >= 15 is 0 Å². The molecule has 1 aromatic heterocycles. The molecule has 0 radical (unpaired) electrons. The number of aromatic nitrogens is 2. The molecule has 1 unspecified atom stereocenters. The van der Waals surface area contributed by atoms with Gasteiger partial charge in [-0.15, -0.1) is 0 Å². The molecule has 8 heteroatoms. The van der Waals surface area contributed by atoms with Gasteiger partial charge < -0.3 is 15.2 Å². The highest BCUT2D eigenvalue weighted by Gasteiger charge is 2.52. The summed E-state index contributed by atoms with van der Waals surface area (Å²) >= 11 is 0. The quantitative estimate of drug-likeness (QED) is 0.742. The fraction of sp³-hybridized carbons (Fsp3) is 0.455. The SMILES string of the molecule is CC1CCC2(CC1)NC(=O)N(CC(=O)NC(C)c1ccc(-n3ccnc3)cc1)C2=O. The zero-order valence-corrected chi connectivity index (χ0v) is 17.3. The first-order chi connectivity index (χ1) is 14.4. The maximum Gasteiger partial charge on any atom is 0.325 e. The lowest BCUT2D eigenvalue weighted by atomic mass is 9.77. The number of hydrogen-bond donors (Lipinski definition) is 2. The van der Waals surface area contributed by atoms with E-state index in [0.717, 1.165) is 29.0 Å². The van der Waals surface area contributed by atoms with Gasteiger partial charge >= 0.3 is 6.03 Å². The lowest BCUT2D eigenvalue weighted by Gasteiger charge is -2.33. The van der Waals surface area contributed by atoms with Crippen molar-refractivity contribution in [1.29, 1.82) is 0 Å². The molecular weight excluding hydrogens is 382 g/mol. The van der Waals surface area contributed by atoms with Gasteiger partial charge in [-0.2, -0.15) is 0 Å². The van der Waals surface area contributed by atoms with Crippen LogP contribution in [0, 0.1) is 5.92 Å². The van der Waals surface area contributed by atoms with Gasteiger partial charge in [-0.3, -0.25) is 14.5 Å². The first-order valence-electron chi connectivity index (χ1n) is 10.4. The minimum Gasteiger partial charge on any atom is -0.348 e. The molecule has 1 aromatic carbocycles. The normalized spacial score (nSPS) is 24.7. The average molecular weight is 409 g/mol. The number of nitrogens with zero attached hydrogens (tertiary/aromatic N) is 3. The van der Waals surface area contributed by atoms with Crippen LogP contribution >= 0.6 is 0 Å². The summed E-state index contributed by atoms with van der Waals surface area (Å²) in [5.41, 5.74) is 1.09. The number of imidazole rings is 1. The molecule has 2 N–H and O–H groups in total. The third-order valence-corrected chi connectivity index (χ3v) is 6.25. The van der Waals surface area contributed by atoms with E-state index in [1.807, 2.05) is 42.0 Å². The molecule has 1 aliphatic carbocycles. The summed E-state index contributed by atoms with van der Waals surface area (Å²) in [6, 6.07) is 7.05. The predicted octanol–water partition coefficient (Wildman–Crippen LogP) is 2.55. The van der Waals surface area contributed by atoms with E-state index in [1.165, 1.54) is 0 Å². The Morgan fingerprint density at radius 1 is 1.27 bits per heavy atom. The summed E-state index contributed by atoms with van der Waals surface area (Å²) in [4.78, 5) is 42.9. The van der Waals surface area contributed by atoms with E-state index in [0.29, 0.717) is 18.8 Å². The predicted molar refractivity (Wildman–Crippen MR) is 111 cm³/mol. The Morgan fingerprint density at radius 2 is 1.97 bits per heavy atom. The molecule has 1 aliphatic heterocycles. The number of benzene rings is 1. The van der Waals surface area contributed by atoms with Crippen molar-refractivity contribution in [3.8, 4) is 5.69 Å². The highest BCUT2D eigenvalue weighted by atomic mass is 16.2. The molecule has 1 atom stereocenters. The topological polar surface area (TPSA) is 96.3 Å². The Morgan fingerprint density at radius 3 is 2.60 bits per heavy atom. The third-order valence-electron chi connectivity index (χ3n) is 6.25. The van der Waals surface area contributed by atoms with E-state index in [-0.39, 0.29) is 24.4 Å². The highest BCUT2D eigenvalue weighted by Crippen LogP contribution is 2.36. The van der Waals surface area contributed by atoms with Crippen molar-refractivity contribution in [3.05, 3.63) is 48.5 Å². The molecule has 0 bridgehead atoms. The number of carbonyl (C=O) groups excluding carboxylic acids is 3. The van der Waals surface area contributed by atoms with Gasteiger partial charge in [0.05, 0.1) is 12.4 Å². The second-order valence-electron chi connectivity index (χ2n) is 8.44. The molecule has 4 amide bonds. The zero-order valence-electron chi connectivity index (χ0n) is 17.3. The summed E-state index contributed by atoms with van der Waals surface area (Å²) < 4.78 is 1.90. The summed E-state index contributed by atoms with van der Waals surface area (Å²) in [6.45, 7) is 3.77. The first kappa shape index (κ1) is 20.1. The van der Waals surface area contributed by atoms with Crippen molar-refractivity contribution < 1.29 is 14.4 Å². The summed E-state index contributed by atoms with van der Waals surface area (Å²) in [5.74, 6) is -0.0727.